The van der Waals surface area contributed by atoms with Crippen LogP contribution in [0.2, 0.25) is 0 Å². The maximum Gasteiger partial charge on any atom is 0.309 e. The first-order valence-corrected chi connectivity index (χ1v) is 16.4. The Labute approximate surface area is 275 Å². The van der Waals surface area contributed by atoms with E-state index in [2.05, 4.69) is 20.4 Å². The lowest BCUT2D eigenvalue weighted by Gasteiger charge is -2.61. The van der Waals surface area contributed by atoms with Gasteiger partial charge in [-0.05, 0) is 74.7 Å². The molecule has 0 aromatic rings. The molecule has 3 N–H and O–H groups in total. The number of carboxylic acid groups (broad SMARTS) is 1. The monoisotopic (exact) mass is 656 g/mol. The topological polar surface area (TPSA) is 174 Å². The SMILES string of the molecule is C=C(C1=CC(=O)C(C)(C)O1)C1CC=C(C2C(=O)CC3C2(C)CCC2C(C)(C)C(=O)C(OC(=O)CC(C)(O)CC(=O)O)CC23C)C(O)O1. The molecule has 0 bridgehead atoms. The van der Waals surface area contributed by atoms with Gasteiger partial charge in [0.15, 0.2) is 23.8 Å². The zero-order valence-electron chi connectivity index (χ0n) is 28.4. The van der Waals surface area contributed by atoms with Gasteiger partial charge in [-0.1, -0.05) is 40.3 Å². The lowest BCUT2D eigenvalue weighted by Crippen LogP contribution is -2.61. The third-order valence-corrected chi connectivity index (χ3v) is 11.9. The third-order valence-electron chi connectivity index (χ3n) is 11.9. The Kier molecular flexibility index (Phi) is 8.59. The van der Waals surface area contributed by atoms with Crippen LogP contribution in [-0.2, 0) is 38.2 Å². The highest BCUT2D eigenvalue weighted by Gasteiger charge is 2.68. The summed E-state index contributed by atoms with van der Waals surface area (Å²) in [6, 6.07) is 0. The molecule has 3 aliphatic carbocycles. The number of Topliss-reactive ketones (excluding diaryl/α,β-unsaturated/α-hetero) is 2. The van der Waals surface area contributed by atoms with Crippen molar-refractivity contribution in [3.8, 4) is 0 Å². The van der Waals surface area contributed by atoms with Crippen LogP contribution in [-0.4, -0.2) is 74.3 Å². The number of esters is 1. The third kappa shape index (κ3) is 5.93. The van der Waals surface area contributed by atoms with Crippen LogP contribution in [0.3, 0.4) is 0 Å². The van der Waals surface area contributed by atoms with Gasteiger partial charge in [0.2, 0.25) is 5.78 Å². The van der Waals surface area contributed by atoms with Crippen molar-refractivity contribution >= 4 is 29.3 Å². The summed E-state index contributed by atoms with van der Waals surface area (Å²) < 4.78 is 17.5. The first-order valence-electron chi connectivity index (χ1n) is 16.4. The molecule has 5 aliphatic rings. The molecule has 2 heterocycles. The van der Waals surface area contributed by atoms with Gasteiger partial charge in [-0.3, -0.25) is 24.0 Å². The molecule has 0 saturated heterocycles. The van der Waals surface area contributed by atoms with Crippen molar-refractivity contribution in [2.75, 3.05) is 0 Å². The Morgan fingerprint density at radius 1 is 1.06 bits per heavy atom. The molecule has 0 radical (unpaired) electrons. The van der Waals surface area contributed by atoms with E-state index in [1.165, 1.54) is 13.0 Å². The van der Waals surface area contributed by atoms with Crippen LogP contribution in [0.1, 0.15) is 93.4 Å². The molecule has 258 valence electrons. The number of carbonyl (C=O) groups excluding carboxylic acids is 4. The average Bonchev–Trinajstić information content (AvgIpc) is 3.36. The fourth-order valence-corrected chi connectivity index (χ4v) is 9.65. The number of hydrogen-bond acceptors (Lipinski definition) is 10. The summed E-state index contributed by atoms with van der Waals surface area (Å²) in [6.07, 6.45) is 0.912. The summed E-state index contributed by atoms with van der Waals surface area (Å²) >= 11 is 0. The van der Waals surface area contributed by atoms with Crippen LogP contribution >= 0.6 is 0 Å². The molecule has 9 unspecified atom stereocenters. The number of hydrogen-bond donors (Lipinski definition) is 3. The van der Waals surface area contributed by atoms with Crippen molar-refractivity contribution in [1.82, 2.24) is 0 Å². The van der Waals surface area contributed by atoms with Gasteiger partial charge in [0.1, 0.15) is 11.5 Å². The van der Waals surface area contributed by atoms with Crippen LogP contribution in [0.5, 0.6) is 0 Å². The smallest absolute Gasteiger partial charge is 0.309 e. The van der Waals surface area contributed by atoms with Crippen molar-refractivity contribution in [2.45, 2.75) is 123 Å². The molecule has 0 aromatic carbocycles. The van der Waals surface area contributed by atoms with E-state index in [1.54, 1.807) is 13.8 Å². The summed E-state index contributed by atoms with van der Waals surface area (Å²) in [5.41, 5.74) is -3.95. The molecule has 5 rings (SSSR count). The molecule has 47 heavy (non-hydrogen) atoms. The van der Waals surface area contributed by atoms with E-state index in [0.29, 0.717) is 36.2 Å². The van der Waals surface area contributed by atoms with Gasteiger partial charge in [-0.15, -0.1) is 0 Å². The Morgan fingerprint density at radius 3 is 2.30 bits per heavy atom. The van der Waals surface area contributed by atoms with E-state index in [0.717, 1.165) is 0 Å². The highest BCUT2D eigenvalue weighted by molar-refractivity contribution is 5.99. The molecule has 11 nitrogen and oxygen atoms in total. The normalized spacial score (nSPS) is 38.7. The van der Waals surface area contributed by atoms with Crippen LogP contribution in [0.15, 0.2) is 35.6 Å². The van der Waals surface area contributed by atoms with Crippen molar-refractivity contribution in [3.05, 3.63) is 35.6 Å². The van der Waals surface area contributed by atoms with E-state index in [9.17, 15) is 34.2 Å². The number of ether oxygens (including phenoxy) is 3. The molecule has 0 spiro atoms. The summed E-state index contributed by atoms with van der Waals surface area (Å²) in [5, 5.41) is 30.8. The molecule has 0 amide bonds. The number of fused-ring (bicyclic) bond motifs is 3. The molecule has 9 atom stereocenters. The number of ketones is 3. The first-order chi connectivity index (χ1) is 21.5. The van der Waals surface area contributed by atoms with Crippen molar-refractivity contribution < 1.29 is 53.5 Å². The molecule has 3 fully saturated rings. The number of carboxylic acids is 1. The number of carbonyl (C=O) groups is 5. The maximum absolute atomic E-state index is 13.9. The van der Waals surface area contributed by atoms with E-state index in [4.69, 9.17) is 19.3 Å². The van der Waals surface area contributed by atoms with Gasteiger partial charge >= 0.3 is 11.9 Å². The second-order valence-electron chi connectivity index (χ2n) is 16.2. The minimum Gasteiger partial charge on any atom is -0.481 e. The summed E-state index contributed by atoms with van der Waals surface area (Å²) in [6.45, 7) is 16.5. The van der Waals surface area contributed by atoms with Gasteiger partial charge in [-0.2, -0.15) is 0 Å². The fraction of sp³-hybridized carbons (Fsp3) is 0.694. The molecule has 11 heteroatoms. The zero-order valence-corrected chi connectivity index (χ0v) is 28.4. The molecule has 2 aliphatic heterocycles. The van der Waals surface area contributed by atoms with Crippen molar-refractivity contribution in [3.63, 3.8) is 0 Å². The van der Waals surface area contributed by atoms with Crippen LogP contribution in [0.4, 0.5) is 0 Å². The second kappa shape index (κ2) is 11.5. The standard InChI is InChI=1S/C36H48O11/c1-18(22-14-26(38)33(4,5)47-22)21-10-9-19(31(43)46-21)29-20(37)13-25-35(29,7)12-11-24-32(2,3)30(42)23(15-36(24,25)8)45-28(41)17-34(6,44)16-27(39)40/h9,14,21,23-25,29,31,43-44H,1,10-13,15-17H2,2-8H3,(H,39,40). The predicted molar refractivity (Wildman–Crippen MR) is 167 cm³/mol. The van der Waals surface area contributed by atoms with Crippen molar-refractivity contribution in [2.24, 2.45) is 34.0 Å². The number of aliphatic hydroxyl groups is 2. The Bertz CT molecular complexity index is 1480. The largest absolute Gasteiger partial charge is 0.481 e. The summed E-state index contributed by atoms with van der Waals surface area (Å²) in [7, 11) is 0. The van der Waals surface area contributed by atoms with Crippen molar-refractivity contribution in [1.29, 1.82) is 0 Å². The predicted octanol–water partition coefficient (Wildman–Crippen LogP) is 3.99. The van der Waals surface area contributed by atoms with Crippen LogP contribution < -0.4 is 0 Å². The quantitative estimate of drug-likeness (QED) is 0.255. The molecule has 0 aromatic heterocycles. The average molecular weight is 657 g/mol. The van der Waals surface area contributed by atoms with Gasteiger partial charge in [0.05, 0.1) is 24.5 Å². The Balaban J connectivity index is 1.38. The highest BCUT2D eigenvalue weighted by atomic mass is 16.6. The number of aliphatic carboxylic acids is 1. The first kappa shape index (κ1) is 35.2. The van der Waals surface area contributed by atoms with Gasteiger partial charge in [0.25, 0.3) is 0 Å². The Hall–Kier alpha value is -3.15. The van der Waals surface area contributed by atoms with Gasteiger partial charge < -0.3 is 29.5 Å². The second-order valence-corrected chi connectivity index (χ2v) is 16.2. The minimum absolute atomic E-state index is 0.0206. The zero-order chi connectivity index (χ0) is 35.1. The molecule has 3 saturated carbocycles. The minimum atomic E-state index is -1.84. The van der Waals surface area contributed by atoms with E-state index >= 15 is 0 Å². The van der Waals surface area contributed by atoms with Gasteiger partial charge in [0, 0.05) is 29.4 Å². The summed E-state index contributed by atoms with van der Waals surface area (Å²) in [4.78, 5) is 64.0. The van der Waals surface area contributed by atoms with Crippen LogP contribution in [0, 0.1) is 34.0 Å². The summed E-state index contributed by atoms with van der Waals surface area (Å²) in [5.74, 6) is -3.15. The number of rotatable bonds is 8. The van der Waals surface area contributed by atoms with E-state index < -0.39 is 76.6 Å². The van der Waals surface area contributed by atoms with Crippen LogP contribution in [0.25, 0.3) is 0 Å². The van der Waals surface area contributed by atoms with E-state index in [-0.39, 0.29) is 42.0 Å². The number of aliphatic hydroxyl groups excluding tert-OH is 1. The molecular weight excluding hydrogens is 608 g/mol. The Morgan fingerprint density at radius 2 is 1.72 bits per heavy atom. The highest BCUT2D eigenvalue weighted by Crippen LogP contribution is 2.69. The van der Waals surface area contributed by atoms with E-state index in [1.807, 2.05) is 19.9 Å². The van der Waals surface area contributed by atoms with Gasteiger partial charge in [-0.25, -0.2) is 0 Å². The lowest BCUT2D eigenvalue weighted by atomic mass is 9.42. The maximum atomic E-state index is 13.9. The lowest BCUT2D eigenvalue weighted by molar-refractivity contribution is -0.189. The fourth-order valence-electron chi connectivity index (χ4n) is 9.65. The molecular formula is C36H48O11.